The van der Waals surface area contributed by atoms with E-state index in [9.17, 15) is 0 Å². The summed E-state index contributed by atoms with van der Waals surface area (Å²) >= 11 is 0. The second-order valence-corrected chi connectivity index (χ2v) is 4.40. The monoisotopic (exact) mass is 262 g/mol. The molecule has 0 aliphatic heterocycles. The van der Waals surface area contributed by atoms with Gasteiger partial charge in [0.1, 0.15) is 16.7 Å². The van der Waals surface area contributed by atoms with E-state index in [-0.39, 0.29) is 0 Å². The maximum absolute atomic E-state index is 4.41. The van der Waals surface area contributed by atoms with Gasteiger partial charge in [-0.1, -0.05) is 24.1 Å². The van der Waals surface area contributed by atoms with Gasteiger partial charge in [0, 0.05) is 12.6 Å². The van der Waals surface area contributed by atoms with Crippen molar-refractivity contribution in [2.24, 2.45) is 0 Å². The molecule has 0 fully saturated rings. The van der Waals surface area contributed by atoms with Gasteiger partial charge < -0.3 is 0 Å². The van der Waals surface area contributed by atoms with Crippen LogP contribution in [0.3, 0.4) is 0 Å². The number of aryl methyl sites for hydroxylation is 1. The Kier molecular flexibility index (Phi) is 3.70. The van der Waals surface area contributed by atoms with Gasteiger partial charge in [-0.3, -0.25) is 0 Å². The minimum Gasteiger partial charge on any atom is -0.248 e. The van der Waals surface area contributed by atoms with Crippen LogP contribution in [0.1, 0.15) is 18.5 Å². The molecule has 0 N–H and O–H groups in total. The topological polar surface area (TPSA) is 43.6 Å². The molecule has 0 saturated heterocycles. The minimum absolute atomic E-state index is 0.783. The van der Waals surface area contributed by atoms with Crippen LogP contribution in [-0.4, -0.2) is 20.0 Å². The Bertz CT molecular complexity index is 717. The Morgan fingerprint density at radius 2 is 1.70 bits per heavy atom. The van der Waals surface area contributed by atoms with E-state index in [4.69, 9.17) is 0 Å². The van der Waals surface area contributed by atoms with Crippen molar-refractivity contribution in [1.82, 2.24) is 20.0 Å². The van der Waals surface area contributed by atoms with Gasteiger partial charge in [-0.15, -0.1) is 0 Å². The van der Waals surface area contributed by atoms with Crippen molar-refractivity contribution in [2.45, 2.75) is 19.4 Å². The number of fused-ring (bicyclic) bond motifs is 1. The van der Waals surface area contributed by atoms with E-state index in [1.54, 1.807) is 11.0 Å². The molecule has 0 atom stereocenters. The molecule has 0 bridgehead atoms. The lowest BCUT2D eigenvalue weighted by molar-refractivity contribution is 0.524. The first-order valence-corrected chi connectivity index (χ1v) is 6.61. The summed E-state index contributed by atoms with van der Waals surface area (Å²) in [5.74, 6) is 6.17. The highest BCUT2D eigenvalue weighted by atomic mass is 15.5. The minimum atomic E-state index is 0.783. The van der Waals surface area contributed by atoms with Crippen molar-refractivity contribution < 1.29 is 0 Å². The standard InChI is InChI=1S/C16H14N4/c1(2-8-14-9-5-6-12-17-14)7-13-20-18-15-10-3-4-11-16(15)19-20/h3-6,9-12H,1,7,13H2. The number of pyridine rings is 1. The van der Waals surface area contributed by atoms with Crippen molar-refractivity contribution in [3.63, 3.8) is 0 Å². The summed E-state index contributed by atoms with van der Waals surface area (Å²) in [6.07, 6.45) is 3.50. The van der Waals surface area contributed by atoms with E-state index < -0.39 is 0 Å². The zero-order valence-corrected chi connectivity index (χ0v) is 11.0. The van der Waals surface area contributed by atoms with Crippen LogP contribution >= 0.6 is 0 Å². The van der Waals surface area contributed by atoms with Gasteiger partial charge in [0.05, 0.1) is 6.54 Å². The van der Waals surface area contributed by atoms with Gasteiger partial charge in [-0.25, -0.2) is 4.98 Å². The fourth-order valence-corrected chi connectivity index (χ4v) is 1.90. The number of benzene rings is 1. The van der Waals surface area contributed by atoms with Crippen molar-refractivity contribution >= 4 is 11.0 Å². The van der Waals surface area contributed by atoms with Gasteiger partial charge >= 0.3 is 0 Å². The molecule has 4 nitrogen and oxygen atoms in total. The molecular weight excluding hydrogens is 248 g/mol. The maximum atomic E-state index is 4.41. The quantitative estimate of drug-likeness (QED) is 0.538. The molecule has 0 aliphatic rings. The second kappa shape index (κ2) is 5.98. The summed E-state index contributed by atoms with van der Waals surface area (Å²) in [5, 5.41) is 8.83. The average molecular weight is 262 g/mol. The normalized spacial score (nSPS) is 10.2. The van der Waals surface area contributed by atoms with Crippen molar-refractivity contribution in [3.05, 3.63) is 54.4 Å². The average Bonchev–Trinajstić information content (AvgIpc) is 2.90. The van der Waals surface area contributed by atoms with E-state index in [2.05, 4.69) is 27.0 Å². The molecule has 0 radical (unpaired) electrons. The predicted molar refractivity (Wildman–Crippen MR) is 77.9 cm³/mol. The summed E-state index contributed by atoms with van der Waals surface area (Å²) in [5.41, 5.74) is 2.69. The molecular formula is C16H14N4. The molecule has 0 amide bonds. The van der Waals surface area contributed by atoms with Crippen LogP contribution in [0.25, 0.3) is 11.0 Å². The van der Waals surface area contributed by atoms with Gasteiger partial charge in [0.25, 0.3) is 0 Å². The second-order valence-electron chi connectivity index (χ2n) is 4.40. The third-order valence-electron chi connectivity index (χ3n) is 2.87. The van der Waals surface area contributed by atoms with Crippen molar-refractivity contribution in [3.8, 4) is 11.8 Å². The Morgan fingerprint density at radius 1 is 0.950 bits per heavy atom. The Balaban J connectivity index is 1.54. The van der Waals surface area contributed by atoms with Gasteiger partial charge in [0.15, 0.2) is 0 Å². The molecule has 2 heterocycles. The van der Waals surface area contributed by atoms with E-state index in [0.717, 1.165) is 36.1 Å². The molecule has 1 aromatic carbocycles. The highest BCUT2D eigenvalue weighted by Crippen LogP contribution is 2.07. The number of hydrogen-bond acceptors (Lipinski definition) is 3. The summed E-state index contributed by atoms with van der Waals surface area (Å²) in [4.78, 5) is 5.90. The summed E-state index contributed by atoms with van der Waals surface area (Å²) in [7, 11) is 0. The Labute approximate surface area is 117 Å². The van der Waals surface area contributed by atoms with E-state index in [0.29, 0.717) is 0 Å². The predicted octanol–water partition coefficient (Wildman–Crippen LogP) is 2.66. The van der Waals surface area contributed by atoms with Crippen LogP contribution in [0, 0.1) is 11.8 Å². The highest BCUT2D eigenvalue weighted by Gasteiger charge is 1.99. The molecule has 3 rings (SSSR count). The lowest BCUT2D eigenvalue weighted by atomic mass is 10.3. The van der Waals surface area contributed by atoms with Crippen molar-refractivity contribution in [2.75, 3.05) is 0 Å². The Hall–Kier alpha value is -2.67. The molecule has 3 aromatic rings. The van der Waals surface area contributed by atoms with E-state index in [1.807, 2.05) is 42.5 Å². The molecule has 4 heteroatoms. The van der Waals surface area contributed by atoms with Gasteiger partial charge in [-0.05, 0) is 36.6 Å². The lowest BCUT2D eigenvalue weighted by Gasteiger charge is -1.94. The number of unbranched alkanes of at least 4 members (excludes halogenated alkanes) is 1. The molecule has 98 valence electrons. The zero-order chi connectivity index (χ0) is 13.6. The lowest BCUT2D eigenvalue weighted by Crippen LogP contribution is -2.01. The van der Waals surface area contributed by atoms with Crippen LogP contribution in [0.5, 0.6) is 0 Å². The summed E-state index contributed by atoms with van der Waals surface area (Å²) in [6.45, 7) is 0.783. The van der Waals surface area contributed by atoms with Crippen LogP contribution in [0.15, 0.2) is 48.7 Å². The molecule has 0 saturated carbocycles. The number of nitrogens with zero attached hydrogens (tertiary/aromatic N) is 4. The van der Waals surface area contributed by atoms with E-state index in [1.165, 1.54) is 0 Å². The smallest absolute Gasteiger partial charge is 0.113 e. The molecule has 0 aliphatic carbocycles. The number of rotatable bonds is 3. The third-order valence-corrected chi connectivity index (χ3v) is 2.87. The van der Waals surface area contributed by atoms with Crippen LogP contribution < -0.4 is 0 Å². The zero-order valence-electron chi connectivity index (χ0n) is 11.0. The highest BCUT2D eigenvalue weighted by molar-refractivity contribution is 5.72. The Morgan fingerprint density at radius 3 is 2.40 bits per heavy atom. The molecule has 2 aromatic heterocycles. The fraction of sp³-hybridized carbons (Fsp3) is 0.188. The SMILES string of the molecule is C(#Cc1ccccn1)CCCn1nc2ccccc2n1. The summed E-state index contributed by atoms with van der Waals surface area (Å²) in [6, 6.07) is 13.6. The summed E-state index contributed by atoms with van der Waals surface area (Å²) < 4.78 is 0. The largest absolute Gasteiger partial charge is 0.248 e. The van der Waals surface area contributed by atoms with Crippen molar-refractivity contribution in [1.29, 1.82) is 0 Å². The third kappa shape index (κ3) is 3.01. The maximum Gasteiger partial charge on any atom is 0.113 e. The first kappa shape index (κ1) is 12.4. The van der Waals surface area contributed by atoms with Crippen LogP contribution in [0.4, 0.5) is 0 Å². The van der Waals surface area contributed by atoms with Gasteiger partial charge in [0.2, 0.25) is 0 Å². The molecule has 0 spiro atoms. The van der Waals surface area contributed by atoms with Crippen LogP contribution in [0.2, 0.25) is 0 Å². The first-order chi connectivity index (χ1) is 9.92. The first-order valence-electron chi connectivity index (χ1n) is 6.61. The van der Waals surface area contributed by atoms with E-state index >= 15 is 0 Å². The van der Waals surface area contributed by atoms with Gasteiger partial charge in [-0.2, -0.15) is 15.0 Å². The molecule has 0 unspecified atom stereocenters. The molecule has 20 heavy (non-hydrogen) atoms. The number of hydrogen-bond donors (Lipinski definition) is 0. The number of aromatic nitrogens is 4. The van der Waals surface area contributed by atoms with Crippen LogP contribution in [-0.2, 0) is 6.54 Å². The fourth-order valence-electron chi connectivity index (χ4n) is 1.90.